The van der Waals surface area contributed by atoms with Crippen molar-refractivity contribution in [3.63, 3.8) is 0 Å². The quantitative estimate of drug-likeness (QED) is 0.784. The summed E-state index contributed by atoms with van der Waals surface area (Å²) in [7, 11) is 1.74. The van der Waals surface area contributed by atoms with Crippen molar-refractivity contribution in [2.45, 2.75) is 59.4 Å². The van der Waals surface area contributed by atoms with E-state index >= 15 is 0 Å². The number of hydrogen-bond donors (Lipinski definition) is 1. The van der Waals surface area contributed by atoms with Crippen LogP contribution in [-0.4, -0.2) is 7.11 Å². The molecule has 0 radical (unpaired) electrons. The van der Waals surface area contributed by atoms with Gasteiger partial charge in [0.05, 0.1) is 7.11 Å². The predicted molar refractivity (Wildman–Crippen MR) is 82.7 cm³/mol. The average Bonchev–Trinajstić information content (AvgIpc) is 2.36. The van der Waals surface area contributed by atoms with Crippen LogP contribution < -0.4 is 10.5 Å². The summed E-state index contributed by atoms with van der Waals surface area (Å²) in [6.45, 7) is 8.70. The molecule has 0 aliphatic carbocycles. The van der Waals surface area contributed by atoms with E-state index < -0.39 is 0 Å². The molecule has 0 aromatic heterocycles. The molecular formula is C17H29NO. The van der Waals surface area contributed by atoms with Crippen LogP contribution in [0.2, 0.25) is 0 Å². The van der Waals surface area contributed by atoms with Gasteiger partial charge in [0.2, 0.25) is 0 Å². The van der Waals surface area contributed by atoms with Gasteiger partial charge in [-0.2, -0.15) is 0 Å². The summed E-state index contributed by atoms with van der Waals surface area (Å²) in [6.07, 6.45) is 4.74. The van der Waals surface area contributed by atoms with Crippen molar-refractivity contribution in [1.82, 2.24) is 0 Å². The first-order valence-corrected chi connectivity index (χ1v) is 7.45. The van der Waals surface area contributed by atoms with Crippen LogP contribution in [0.4, 0.5) is 0 Å². The molecule has 0 amide bonds. The Labute approximate surface area is 118 Å². The standard InChI is InChI=1S/C17H29NO/c1-6-8-14(9-7-2)17(18)16-13(4)10-12(3)11-15(16)19-5/h10-11,14,17H,6-9,18H2,1-5H3. The fourth-order valence-corrected chi connectivity index (χ4v) is 3.02. The molecule has 0 spiro atoms. The molecule has 2 heteroatoms. The number of benzene rings is 1. The Bertz CT molecular complexity index is 394. The summed E-state index contributed by atoms with van der Waals surface area (Å²) in [5.41, 5.74) is 10.2. The number of methoxy groups -OCH3 is 1. The van der Waals surface area contributed by atoms with Crippen molar-refractivity contribution in [3.8, 4) is 5.75 Å². The Kier molecular flexibility index (Phi) is 6.36. The SMILES string of the molecule is CCCC(CCC)C(N)c1c(C)cc(C)cc1OC. The van der Waals surface area contributed by atoms with Gasteiger partial charge in [0.1, 0.15) is 5.75 Å². The van der Waals surface area contributed by atoms with Gasteiger partial charge < -0.3 is 10.5 Å². The Balaban J connectivity index is 3.11. The number of ether oxygens (including phenoxy) is 1. The van der Waals surface area contributed by atoms with E-state index in [1.807, 2.05) is 0 Å². The van der Waals surface area contributed by atoms with Crippen molar-refractivity contribution < 1.29 is 4.74 Å². The highest BCUT2D eigenvalue weighted by Crippen LogP contribution is 2.35. The van der Waals surface area contributed by atoms with Gasteiger partial charge in [0, 0.05) is 11.6 Å². The van der Waals surface area contributed by atoms with Gasteiger partial charge in [-0.1, -0.05) is 32.8 Å². The first-order valence-electron chi connectivity index (χ1n) is 7.45. The van der Waals surface area contributed by atoms with Crippen LogP contribution in [0.1, 0.15) is 62.3 Å². The minimum atomic E-state index is 0.0791. The second kappa shape index (κ2) is 7.54. The molecule has 1 atom stereocenters. The molecule has 1 aromatic carbocycles. The third-order valence-corrected chi connectivity index (χ3v) is 3.87. The predicted octanol–water partition coefficient (Wildman–Crippen LogP) is 4.53. The molecule has 108 valence electrons. The van der Waals surface area contributed by atoms with E-state index in [4.69, 9.17) is 10.5 Å². The minimum absolute atomic E-state index is 0.0791. The third-order valence-electron chi connectivity index (χ3n) is 3.87. The largest absolute Gasteiger partial charge is 0.496 e. The van der Waals surface area contributed by atoms with Gasteiger partial charge in [-0.05, 0) is 49.8 Å². The van der Waals surface area contributed by atoms with E-state index in [0.29, 0.717) is 5.92 Å². The third kappa shape index (κ3) is 3.97. The maximum atomic E-state index is 6.56. The molecule has 1 aromatic rings. The molecule has 0 fully saturated rings. The van der Waals surface area contributed by atoms with Crippen LogP contribution in [0.5, 0.6) is 5.75 Å². The topological polar surface area (TPSA) is 35.2 Å². The van der Waals surface area contributed by atoms with Gasteiger partial charge in [-0.25, -0.2) is 0 Å². The summed E-state index contributed by atoms with van der Waals surface area (Å²) >= 11 is 0. The second-order valence-corrected chi connectivity index (χ2v) is 5.56. The maximum Gasteiger partial charge on any atom is 0.124 e. The molecule has 2 N–H and O–H groups in total. The lowest BCUT2D eigenvalue weighted by molar-refractivity contribution is 0.348. The van der Waals surface area contributed by atoms with E-state index in [9.17, 15) is 0 Å². The molecular weight excluding hydrogens is 234 g/mol. The van der Waals surface area contributed by atoms with Crippen molar-refractivity contribution in [2.75, 3.05) is 7.11 Å². The summed E-state index contributed by atoms with van der Waals surface area (Å²) in [5.74, 6) is 1.49. The van der Waals surface area contributed by atoms with Crippen LogP contribution in [0, 0.1) is 19.8 Å². The Morgan fingerprint density at radius 1 is 1.11 bits per heavy atom. The summed E-state index contributed by atoms with van der Waals surface area (Å²) in [4.78, 5) is 0. The molecule has 1 unspecified atom stereocenters. The first kappa shape index (κ1) is 16.0. The summed E-state index contributed by atoms with van der Waals surface area (Å²) in [5, 5.41) is 0. The van der Waals surface area contributed by atoms with E-state index in [0.717, 1.165) is 5.75 Å². The van der Waals surface area contributed by atoms with Gasteiger partial charge in [0.15, 0.2) is 0 Å². The Morgan fingerprint density at radius 2 is 1.68 bits per heavy atom. The van der Waals surface area contributed by atoms with Crippen LogP contribution >= 0.6 is 0 Å². The molecule has 0 bridgehead atoms. The monoisotopic (exact) mass is 263 g/mol. The van der Waals surface area contributed by atoms with E-state index in [-0.39, 0.29) is 6.04 Å². The number of rotatable bonds is 7. The fourth-order valence-electron chi connectivity index (χ4n) is 3.02. The molecule has 2 nitrogen and oxygen atoms in total. The Morgan fingerprint density at radius 3 is 2.16 bits per heavy atom. The number of hydrogen-bond acceptors (Lipinski definition) is 2. The summed E-state index contributed by atoms with van der Waals surface area (Å²) < 4.78 is 5.55. The summed E-state index contributed by atoms with van der Waals surface area (Å²) in [6, 6.07) is 4.37. The highest BCUT2D eigenvalue weighted by molar-refractivity contribution is 5.45. The minimum Gasteiger partial charge on any atom is -0.496 e. The fraction of sp³-hybridized carbons (Fsp3) is 0.647. The van der Waals surface area contributed by atoms with Gasteiger partial charge >= 0.3 is 0 Å². The smallest absolute Gasteiger partial charge is 0.124 e. The van der Waals surface area contributed by atoms with Crippen molar-refractivity contribution in [1.29, 1.82) is 0 Å². The maximum absolute atomic E-state index is 6.56. The van der Waals surface area contributed by atoms with Gasteiger partial charge in [0.25, 0.3) is 0 Å². The van der Waals surface area contributed by atoms with Crippen LogP contribution in [-0.2, 0) is 0 Å². The zero-order valence-corrected chi connectivity index (χ0v) is 13.1. The van der Waals surface area contributed by atoms with Crippen molar-refractivity contribution in [2.24, 2.45) is 11.7 Å². The molecule has 19 heavy (non-hydrogen) atoms. The molecule has 1 rings (SSSR count). The van der Waals surface area contributed by atoms with E-state index in [1.54, 1.807) is 7.11 Å². The van der Waals surface area contributed by atoms with Crippen LogP contribution in [0.15, 0.2) is 12.1 Å². The molecule has 0 heterocycles. The first-order chi connectivity index (χ1) is 9.04. The molecule has 0 saturated carbocycles. The van der Waals surface area contributed by atoms with Gasteiger partial charge in [-0.3, -0.25) is 0 Å². The zero-order chi connectivity index (χ0) is 14.4. The van der Waals surface area contributed by atoms with E-state index in [2.05, 4.69) is 39.8 Å². The lowest BCUT2D eigenvalue weighted by atomic mass is 9.84. The molecule has 0 aliphatic rings. The Hall–Kier alpha value is -1.02. The number of nitrogens with two attached hydrogens (primary N) is 1. The normalized spacial score (nSPS) is 12.8. The van der Waals surface area contributed by atoms with Gasteiger partial charge in [-0.15, -0.1) is 0 Å². The highest BCUT2D eigenvalue weighted by Gasteiger charge is 2.23. The highest BCUT2D eigenvalue weighted by atomic mass is 16.5. The lowest BCUT2D eigenvalue weighted by Crippen LogP contribution is -2.23. The van der Waals surface area contributed by atoms with Crippen LogP contribution in [0.3, 0.4) is 0 Å². The second-order valence-electron chi connectivity index (χ2n) is 5.56. The van der Waals surface area contributed by atoms with Crippen LogP contribution in [0.25, 0.3) is 0 Å². The lowest BCUT2D eigenvalue weighted by Gasteiger charge is -2.27. The number of aryl methyl sites for hydroxylation is 2. The van der Waals surface area contributed by atoms with Crippen molar-refractivity contribution in [3.05, 3.63) is 28.8 Å². The molecule has 0 saturated heterocycles. The average molecular weight is 263 g/mol. The molecule has 0 aliphatic heterocycles. The van der Waals surface area contributed by atoms with E-state index in [1.165, 1.54) is 42.4 Å². The zero-order valence-electron chi connectivity index (χ0n) is 13.1. The van der Waals surface area contributed by atoms with Crippen molar-refractivity contribution >= 4 is 0 Å².